The van der Waals surface area contributed by atoms with Crippen LogP contribution in [0.3, 0.4) is 0 Å². The zero-order valence-electron chi connectivity index (χ0n) is 9.19. The van der Waals surface area contributed by atoms with Crippen LogP contribution >= 0.6 is 0 Å². The predicted octanol–water partition coefficient (Wildman–Crippen LogP) is -0.462. The number of amides is 1. The molecule has 1 saturated heterocycles. The maximum atomic E-state index is 10.9. The molecule has 1 aromatic heterocycles. The van der Waals surface area contributed by atoms with Crippen molar-refractivity contribution >= 4 is 5.91 Å². The van der Waals surface area contributed by atoms with E-state index < -0.39 is 0 Å². The molecule has 2 unspecified atom stereocenters. The number of rotatable bonds is 3. The van der Waals surface area contributed by atoms with Gasteiger partial charge in [-0.05, 0) is 6.92 Å². The molecule has 2 heterocycles. The van der Waals surface area contributed by atoms with E-state index in [1.807, 2.05) is 6.92 Å². The molecule has 0 aromatic carbocycles. The number of carbonyl (C=O) groups excluding carboxylic acids is 1. The Kier molecular flexibility index (Phi) is 3.16. The van der Waals surface area contributed by atoms with Crippen LogP contribution in [0.25, 0.3) is 0 Å². The smallest absolute Gasteiger partial charge is 0.245 e. The summed E-state index contributed by atoms with van der Waals surface area (Å²) in [7, 11) is 1.58. The Labute approximate surface area is 92.5 Å². The zero-order chi connectivity index (χ0) is 11.5. The lowest BCUT2D eigenvalue weighted by Gasteiger charge is -2.20. The Morgan fingerprint density at radius 1 is 1.62 bits per heavy atom. The van der Waals surface area contributed by atoms with Gasteiger partial charge in [0.25, 0.3) is 0 Å². The van der Waals surface area contributed by atoms with Gasteiger partial charge in [0.2, 0.25) is 11.8 Å². The first-order chi connectivity index (χ1) is 7.70. The van der Waals surface area contributed by atoms with Gasteiger partial charge in [-0.25, -0.2) is 0 Å². The third-order valence-electron chi connectivity index (χ3n) is 2.49. The summed E-state index contributed by atoms with van der Waals surface area (Å²) in [5.74, 6) is 0.955. The average molecular weight is 226 g/mol. The van der Waals surface area contributed by atoms with E-state index in [2.05, 4.69) is 20.8 Å². The van der Waals surface area contributed by atoms with Gasteiger partial charge in [0.1, 0.15) is 12.1 Å². The standard InChI is InChI=1S/C9H14N4O3/c1-5(15-2)8-12-9(16-13-8)6-3-11-7(14)4-10-6/h5-6,10H,3-4H2,1-2H3,(H,11,14). The fraction of sp³-hybridized carbons (Fsp3) is 0.667. The molecule has 1 aliphatic heterocycles. The first-order valence-corrected chi connectivity index (χ1v) is 5.07. The summed E-state index contributed by atoms with van der Waals surface area (Å²) < 4.78 is 10.2. The van der Waals surface area contributed by atoms with Crippen molar-refractivity contribution in [3.05, 3.63) is 11.7 Å². The van der Waals surface area contributed by atoms with Crippen LogP contribution in [0.15, 0.2) is 4.52 Å². The summed E-state index contributed by atoms with van der Waals surface area (Å²) in [6, 6.07) is -0.122. The SMILES string of the molecule is COC(C)c1noc(C2CNC(=O)CN2)n1. The van der Waals surface area contributed by atoms with Crippen LogP contribution in [-0.2, 0) is 9.53 Å². The first kappa shape index (κ1) is 11.0. The number of hydrogen-bond acceptors (Lipinski definition) is 6. The van der Waals surface area contributed by atoms with E-state index in [1.165, 1.54) is 0 Å². The topological polar surface area (TPSA) is 89.3 Å². The number of nitrogens with one attached hydrogen (secondary N) is 2. The van der Waals surface area contributed by atoms with E-state index in [0.717, 1.165) is 0 Å². The molecule has 88 valence electrons. The van der Waals surface area contributed by atoms with E-state index >= 15 is 0 Å². The van der Waals surface area contributed by atoms with Crippen molar-refractivity contribution in [3.63, 3.8) is 0 Å². The summed E-state index contributed by atoms with van der Waals surface area (Å²) in [6.45, 7) is 2.56. The van der Waals surface area contributed by atoms with Gasteiger partial charge in [0.15, 0.2) is 5.82 Å². The van der Waals surface area contributed by atoms with Gasteiger partial charge >= 0.3 is 0 Å². The fourth-order valence-corrected chi connectivity index (χ4v) is 1.40. The van der Waals surface area contributed by atoms with Gasteiger partial charge in [0, 0.05) is 13.7 Å². The van der Waals surface area contributed by atoms with Crippen molar-refractivity contribution in [2.75, 3.05) is 20.2 Å². The van der Waals surface area contributed by atoms with Crippen molar-refractivity contribution < 1.29 is 14.1 Å². The van der Waals surface area contributed by atoms with Crippen LogP contribution in [0, 0.1) is 0 Å². The Morgan fingerprint density at radius 3 is 3.06 bits per heavy atom. The third kappa shape index (κ3) is 2.20. The highest BCUT2D eigenvalue weighted by atomic mass is 16.5. The molecule has 1 aliphatic rings. The Hall–Kier alpha value is -1.47. The minimum Gasteiger partial charge on any atom is -0.374 e. The molecule has 1 fully saturated rings. The van der Waals surface area contributed by atoms with Crippen LogP contribution in [0.2, 0.25) is 0 Å². The van der Waals surface area contributed by atoms with Crippen molar-refractivity contribution in [1.29, 1.82) is 0 Å². The largest absolute Gasteiger partial charge is 0.374 e. The second kappa shape index (κ2) is 4.58. The van der Waals surface area contributed by atoms with Gasteiger partial charge in [-0.1, -0.05) is 5.16 Å². The molecular weight excluding hydrogens is 212 g/mol. The maximum Gasteiger partial charge on any atom is 0.245 e. The summed E-state index contributed by atoms with van der Waals surface area (Å²) in [5, 5.41) is 9.55. The third-order valence-corrected chi connectivity index (χ3v) is 2.49. The van der Waals surface area contributed by atoms with Crippen LogP contribution < -0.4 is 10.6 Å². The molecule has 7 heteroatoms. The highest BCUT2D eigenvalue weighted by Crippen LogP contribution is 2.16. The minimum atomic E-state index is -0.198. The van der Waals surface area contributed by atoms with Gasteiger partial charge < -0.3 is 14.6 Å². The predicted molar refractivity (Wildman–Crippen MR) is 53.5 cm³/mol. The van der Waals surface area contributed by atoms with Crippen molar-refractivity contribution in [2.45, 2.75) is 19.1 Å². The lowest BCUT2D eigenvalue weighted by atomic mass is 10.2. The molecule has 0 aliphatic carbocycles. The Bertz CT molecular complexity index is 369. The molecule has 1 aromatic rings. The quantitative estimate of drug-likeness (QED) is 0.724. The first-order valence-electron chi connectivity index (χ1n) is 5.07. The van der Waals surface area contributed by atoms with Crippen molar-refractivity contribution in [2.24, 2.45) is 0 Å². The summed E-state index contributed by atoms with van der Waals surface area (Å²) in [4.78, 5) is 15.2. The van der Waals surface area contributed by atoms with Gasteiger partial charge in [-0.15, -0.1) is 0 Å². The van der Waals surface area contributed by atoms with Crippen LogP contribution in [0.4, 0.5) is 0 Å². The minimum absolute atomic E-state index is 0.0266. The fourth-order valence-electron chi connectivity index (χ4n) is 1.40. The van der Waals surface area contributed by atoms with Gasteiger partial charge in [-0.3, -0.25) is 10.1 Å². The summed E-state index contributed by atoms with van der Waals surface area (Å²) >= 11 is 0. The number of hydrogen-bond donors (Lipinski definition) is 2. The van der Waals surface area contributed by atoms with Gasteiger partial charge in [0.05, 0.1) is 6.54 Å². The molecule has 0 radical (unpaired) electrons. The molecule has 1 amide bonds. The van der Waals surface area contributed by atoms with E-state index in [9.17, 15) is 4.79 Å². The maximum absolute atomic E-state index is 10.9. The zero-order valence-corrected chi connectivity index (χ0v) is 9.19. The molecular formula is C9H14N4O3. The number of carbonyl (C=O) groups is 1. The molecule has 16 heavy (non-hydrogen) atoms. The van der Waals surface area contributed by atoms with E-state index in [4.69, 9.17) is 9.26 Å². The lowest BCUT2D eigenvalue weighted by Crippen LogP contribution is -2.47. The summed E-state index contributed by atoms with van der Waals surface area (Å²) in [5.41, 5.74) is 0. The van der Waals surface area contributed by atoms with E-state index in [-0.39, 0.29) is 24.6 Å². The van der Waals surface area contributed by atoms with Crippen molar-refractivity contribution in [3.8, 4) is 0 Å². The Morgan fingerprint density at radius 2 is 2.44 bits per heavy atom. The normalized spacial score (nSPS) is 22.9. The summed E-state index contributed by atoms with van der Waals surface area (Å²) in [6.07, 6.45) is -0.198. The monoisotopic (exact) mass is 226 g/mol. The van der Waals surface area contributed by atoms with Crippen LogP contribution in [-0.4, -0.2) is 36.2 Å². The van der Waals surface area contributed by atoms with Crippen molar-refractivity contribution in [1.82, 2.24) is 20.8 Å². The average Bonchev–Trinajstić information content (AvgIpc) is 2.78. The molecule has 0 spiro atoms. The molecule has 2 atom stereocenters. The van der Waals surface area contributed by atoms with E-state index in [0.29, 0.717) is 18.3 Å². The molecule has 2 rings (SSSR count). The van der Waals surface area contributed by atoms with Crippen LogP contribution in [0.1, 0.15) is 30.8 Å². The highest BCUT2D eigenvalue weighted by molar-refractivity contribution is 5.78. The number of ether oxygens (including phenoxy) is 1. The van der Waals surface area contributed by atoms with Gasteiger partial charge in [-0.2, -0.15) is 4.98 Å². The number of nitrogens with zero attached hydrogens (tertiary/aromatic N) is 2. The Balaban J connectivity index is 2.04. The number of piperazine rings is 1. The molecule has 7 nitrogen and oxygen atoms in total. The van der Waals surface area contributed by atoms with E-state index in [1.54, 1.807) is 7.11 Å². The number of methoxy groups -OCH3 is 1. The second-order valence-electron chi connectivity index (χ2n) is 3.61. The van der Waals surface area contributed by atoms with Crippen LogP contribution in [0.5, 0.6) is 0 Å². The molecule has 0 bridgehead atoms. The molecule has 2 N–H and O–H groups in total. The molecule has 0 saturated carbocycles. The number of aromatic nitrogens is 2. The highest BCUT2D eigenvalue weighted by Gasteiger charge is 2.24. The lowest BCUT2D eigenvalue weighted by molar-refractivity contribution is -0.121. The second-order valence-corrected chi connectivity index (χ2v) is 3.61.